The number of aromatic nitrogens is 2. The van der Waals surface area contributed by atoms with Gasteiger partial charge in [-0.15, -0.1) is 11.3 Å². The quantitative estimate of drug-likeness (QED) is 0.561. The fraction of sp³-hybridized carbons (Fsp3) is 0.375. The van der Waals surface area contributed by atoms with Crippen LogP contribution in [0.4, 0.5) is 4.79 Å². The van der Waals surface area contributed by atoms with Crippen molar-refractivity contribution in [1.29, 1.82) is 0 Å². The number of amides is 1. The summed E-state index contributed by atoms with van der Waals surface area (Å²) < 4.78 is 5.59. The van der Waals surface area contributed by atoms with E-state index in [0.29, 0.717) is 18.8 Å². The van der Waals surface area contributed by atoms with Crippen molar-refractivity contribution in [2.24, 2.45) is 0 Å². The molecule has 1 aliphatic rings. The summed E-state index contributed by atoms with van der Waals surface area (Å²) in [5, 5.41) is 3.18. The molecule has 1 amide bonds. The average molecular weight is 437 g/mol. The number of aryl methyl sites for hydroxylation is 3. The van der Waals surface area contributed by atoms with E-state index in [2.05, 4.69) is 27.0 Å². The molecule has 4 rings (SSSR count). The first-order valence-corrected chi connectivity index (χ1v) is 11.6. The van der Waals surface area contributed by atoms with E-state index in [4.69, 9.17) is 4.74 Å². The number of nitrogens with zero attached hydrogens (tertiary/aromatic N) is 4. The van der Waals surface area contributed by atoms with Crippen LogP contribution < -0.4 is 4.74 Å². The molecule has 0 radical (unpaired) electrons. The van der Waals surface area contributed by atoms with Gasteiger partial charge in [-0.3, -0.25) is 9.88 Å². The summed E-state index contributed by atoms with van der Waals surface area (Å²) in [4.78, 5) is 25.5. The number of rotatable bonds is 7. The van der Waals surface area contributed by atoms with Gasteiger partial charge < -0.3 is 9.64 Å². The maximum Gasteiger partial charge on any atom is 0.415 e. The fourth-order valence-corrected chi connectivity index (χ4v) is 4.20. The number of thiazole rings is 1. The van der Waals surface area contributed by atoms with Gasteiger partial charge in [0.25, 0.3) is 0 Å². The topological polar surface area (TPSA) is 58.6 Å². The van der Waals surface area contributed by atoms with Crippen LogP contribution in [-0.2, 0) is 19.3 Å². The molecule has 2 aromatic heterocycles. The number of hydrogen-bond donors (Lipinski definition) is 0. The van der Waals surface area contributed by atoms with Gasteiger partial charge in [0, 0.05) is 62.6 Å². The SMILES string of the molecule is Cc1ccc(CCc2ccc(OC(=O)N3CCN(CCc4nccs4)CC3)cc2)nc1. The van der Waals surface area contributed by atoms with E-state index in [1.807, 2.05) is 49.0 Å². The summed E-state index contributed by atoms with van der Waals surface area (Å²) in [5.41, 5.74) is 3.47. The number of hydrogen-bond acceptors (Lipinski definition) is 6. The zero-order chi connectivity index (χ0) is 21.5. The van der Waals surface area contributed by atoms with Crippen LogP contribution in [0.2, 0.25) is 0 Å². The van der Waals surface area contributed by atoms with Crippen LogP contribution in [0.3, 0.4) is 0 Å². The van der Waals surface area contributed by atoms with Crippen LogP contribution in [0, 0.1) is 6.92 Å². The Bertz CT molecular complexity index is 950. The lowest BCUT2D eigenvalue weighted by atomic mass is 10.1. The molecule has 0 aliphatic carbocycles. The third kappa shape index (κ3) is 6.35. The Hall–Kier alpha value is -2.77. The van der Waals surface area contributed by atoms with Crippen LogP contribution in [0.15, 0.2) is 54.2 Å². The summed E-state index contributed by atoms with van der Waals surface area (Å²) in [6.07, 6.45) is 6.25. The first-order valence-electron chi connectivity index (χ1n) is 10.7. The summed E-state index contributed by atoms with van der Waals surface area (Å²) in [6, 6.07) is 12.0. The van der Waals surface area contributed by atoms with Crippen molar-refractivity contribution in [2.45, 2.75) is 26.2 Å². The summed E-state index contributed by atoms with van der Waals surface area (Å²) in [6.45, 7) is 6.15. The van der Waals surface area contributed by atoms with Crippen molar-refractivity contribution in [2.75, 3.05) is 32.7 Å². The summed E-state index contributed by atoms with van der Waals surface area (Å²) in [5.74, 6) is 0.591. The molecular formula is C24H28N4O2S. The third-order valence-corrected chi connectivity index (χ3v) is 6.37. The number of ether oxygens (including phenoxy) is 1. The average Bonchev–Trinajstić information content (AvgIpc) is 3.32. The fourth-order valence-electron chi connectivity index (χ4n) is 3.59. The number of pyridine rings is 1. The molecule has 0 bridgehead atoms. The molecule has 0 unspecified atom stereocenters. The Morgan fingerprint density at radius 3 is 2.48 bits per heavy atom. The number of carbonyl (C=O) groups is 1. The van der Waals surface area contributed by atoms with Crippen LogP contribution in [-0.4, -0.2) is 58.6 Å². The molecule has 6 nitrogen and oxygen atoms in total. The van der Waals surface area contributed by atoms with E-state index in [1.165, 1.54) is 16.1 Å². The molecule has 1 aliphatic heterocycles. The maximum atomic E-state index is 12.5. The highest BCUT2D eigenvalue weighted by Gasteiger charge is 2.22. The van der Waals surface area contributed by atoms with E-state index in [0.717, 1.165) is 44.6 Å². The van der Waals surface area contributed by atoms with Crippen molar-refractivity contribution in [3.8, 4) is 5.75 Å². The Morgan fingerprint density at radius 1 is 1.00 bits per heavy atom. The predicted octanol–water partition coefficient (Wildman–Crippen LogP) is 3.99. The number of piperazine rings is 1. The molecule has 1 aromatic carbocycles. The predicted molar refractivity (Wildman–Crippen MR) is 123 cm³/mol. The van der Waals surface area contributed by atoms with Crippen LogP contribution in [0.5, 0.6) is 5.75 Å². The third-order valence-electron chi connectivity index (χ3n) is 5.53. The highest BCUT2D eigenvalue weighted by molar-refractivity contribution is 7.09. The van der Waals surface area contributed by atoms with E-state index in [-0.39, 0.29) is 6.09 Å². The highest BCUT2D eigenvalue weighted by Crippen LogP contribution is 2.16. The van der Waals surface area contributed by atoms with Gasteiger partial charge in [-0.1, -0.05) is 18.2 Å². The summed E-state index contributed by atoms with van der Waals surface area (Å²) >= 11 is 1.70. The van der Waals surface area contributed by atoms with Gasteiger partial charge in [-0.2, -0.15) is 0 Å². The maximum absolute atomic E-state index is 12.5. The smallest absolute Gasteiger partial charge is 0.410 e. The minimum absolute atomic E-state index is 0.267. The van der Waals surface area contributed by atoms with Gasteiger partial charge in [-0.25, -0.2) is 9.78 Å². The molecule has 1 fully saturated rings. The monoisotopic (exact) mass is 436 g/mol. The van der Waals surface area contributed by atoms with Gasteiger partial charge in [0.1, 0.15) is 5.75 Å². The second kappa shape index (κ2) is 10.5. The largest absolute Gasteiger partial charge is 0.415 e. The molecule has 3 aromatic rings. The molecular weight excluding hydrogens is 408 g/mol. The van der Waals surface area contributed by atoms with Crippen LogP contribution in [0.1, 0.15) is 21.8 Å². The van der Waals surface area contributed by atoms with Gasteiger partial charge in [0.05, 0.1) is 5.01 Å². The lowest BCUT2D eigenvalue weighted by Crippen LogP contribution is -2.49. The van der Waals surface area contributed by atoms with Crippen molar-refractivity contribution in [3.63, 3.8) is 0 Å². The van der Waals surface area contributed by atoms with Gasteiger partial charge in [0.2, 0.25) is 0 Å². The zero-order valence-corrected chi connectivity index (χ0v) is 18.7. The van der Waals surface area contributed by atoms with Crippen molar-refractivity contribution in [3.05, 3.63) is 76.0 Å². The lowest BCUT2D eigenvalue weighted by Gasteiger charge is -2.33. The molecule has 0 N–H and O–H groups in total. The van der Waals surface area contributed by atoms with Crippen LogP contribution >= 0.6 is 11.3 Å². The minimum atomic E-state index is -0.267. The second-order valence-corrected chi connectivity index (χ2v) is 8.82. The highest BCUT2D eigenvalue weighted by atomic mass is 32.1. The van der Waals surface area contributed by atoms with Gasteiger partial charge >= 0.3 is 6.09 Å². The number of benzene rings is 1. The Morgan fingerprint density at radius 2 is 1.81 bits per heavy atom. The normalized spacial score (nSPS) is 14.5. The standard InChI is InChI=1S/C24H28N4O2S/c1-19-2-6-21(26-18-19)7-3-20-4-8-22(9-5-20)30-24(29)28-15-13-27(14-16-28)12-10-23-25-11-17-31-23/h2,4-6,8-9,11,17-18H,3,7,10,12-16H2,1H3. The lowest BCUT2D eigenvalue weighted by molar-refractivity contribution is 0.111. The molecule has 0 spiro atoms. The Kier molecular flexibility index (Phi) is 7.27. The first kappa shape index (κ1) is 21.5. The minimum Gasteiger partial charge on any atom is -0.410 e. The molecule has 1 saturated heterocycles. The van der Waals surface area contributed by atoms with E-state index in [9.17, 15) is 4.79 Å². The number of carbonyl (C=O) groups excluding carboxylic acids is 1. The second-order valence-electron chi connectivity index (χ2n) is 7.84. The van der Waals surface area contributed by atoms with Crippen molar-refractivity contribution >= 4 is 17.4 Å². The molecule has 31 heavy (non-hydrogen) atoms. The zero-order valence-electron chi connectivity index (χ0n) is 17.9. The summed E-state index contributed by atoms with van der Waals surface area (Å²) in [7, 11) is 0. The van der Waals surface area contributed by atoms with Crippen molar-refractivity contribution < 1.29 is 9.53 Å². The molecule has 3 heterocycles. The Labute approximate surface area is 187 Å². The van der Waals surface area contributed by atoms with E-state index < -0.39 is 0 Å². The molecule has 0 saturated carbocycles. The van der Waals surface area contributed by atoms with E-state index >= 15 is 0 Å². The van der Waals surface area contributed by atoms with Crippen LogP contribution in [0.25, 0.3) is 0 Å². The van der Waals surface area contributed by atoms with E-state index in [1.54, 1.807) is 16.2 Å². The Balaban J connectivity index is 1.19. The molecule has 0 atom stereocenters. The van der Waals surface area contributed by atoms with Gasteiger partial charge in [-0.05, 0) is 49.1 Å². The van der Waals surface area contributed by atoms with Crippen molar-refractivity contribution in [1.82, 2.24) is 19.8 Å². The van der Waals surface area contributed by atoms with Gasteiger partial charge in [0.15, 0.2) is 0 Å². The first-order chi connectivity index (χ1) is 15.2. The molecule has 162 valence electrons. The molecule has 7 heteroatoms.